The summed E-state index contributed by atoms with van der Waals surface area (Å²) in [6.07, 6.45) is 5.28. The van der Waals surface area contributed by atoms with E-state index < -0.39 is 0 Å². The molecule has 1 atom stereocenters. The second-order valence-electron chi connectivity index (χ2n) is 6.19. The zero-order valence-electron chi connectivity index (χ0n) is 14.7. The van der Waals surface area contributed by atoms with Gasteiger partial charge in [-0.3, -0.25) is 4.79 Å². The fourth-order valence-corrected chi connectivity index (χ4v) is 3.29. The van der Waals surface area contributed by atoms with Crippen molar-refractivity contribution in [3.8, 4) is 5.75 Å². The number of para-hydroxylation sites is 1. The maximum Gasteiger partial charge on any atom is 0.249 e. The molecule has 1 fully saturated rings. The molecule has 0 spiro atoms. The topological polar surface area (TPSA) is 64.8 Å². The molecule has 1 aromatic carbocycles. The molecule has 0 saturated carbocycles. The Labute approximate surface area is 147 Å². The van der Waals surface area contributed by atoms with Crippen molar-refractivity contribution in [1.82, 2.24) is 9.88 Å². The Morgan fingerprint density at radius 1 is 1.32 bits per heavy atom. The minimum atomic E-state index is -0.109. The molecule has 0 unspecified atom stereocenters. The second-order valence-corrected chi connectivity index (χ2v) is 6.19. The summed E-state index contributed by atoms with van der Waals surface area (Å²) >= 11 is 0. The molecule has 1 aromatic heterocycles. The van der Waals surface area contributed by atoms with E-state index in [0.717, 1.165) is 42.9 Å². The molecule has 2 heterocycles. The van der Waals surface area contributed by atoms with Crippen LogP contribution in [0.3, 0.4) is 0 Å². The number of hydrogen-bond donors (Lipinski definition) is 0. The number of carbonyl (C=O) groups is 1. The van der Waals surface area contributed by atoms with Gasteiger partial charge in [-0.05, 0) is 25.3 Å². The minimum Gasteiger partial charge on any atom is -0.496 e. The number of hydrogen-bond acceptors (Lipinski definition) is 5. The van der Waals surface area contributed by atoms with E-state index in [0.29, 0.717) is 12.3 Å². The van der Waals surface area contributed by atoms with Gasteiger partial charge in [0.2, 0.25) is 11.8 Å². The number of oxazole rings is 1. The summed E-state index contributed by atoms with van der Waals surface area (Å²) in [6, 6.07) is 7.74. The number of piperidine rings is 1. The number of rotatable bonds is 6. The fraction of sp³-hybridized carbons (Fsp3) is 0.474. The molecule has 0 bridgehead atoms. The smallest absolute Gasteiger partial charge is 0.249 e. The molecule has 2 aromatic rings. The predicted molar refractivity (Wildman–Crippen MR) is 92.5 cm³/mol. The van der Waals surface area contributed by atoms with Crippen LogP contribution in [0.1, 0.15) is 42.5 Å². The first-order chi connectivity index (χ1) is 12.2. The lowest BCUT2D eigenvalue weighted by Gasteiger charge is -2.33. The van der Waals surface area contributed by atoms with E-state index in [9.17, 15) is 4.79 Å². The molecule has 1 aliphatic rings. The van der Waals surface area contributed by atoms with Crippen molar-refractivity contribution in [3.05, 3.63) is 47.7 Å². The first-order valence-corrected chi connectivity index (χ1v) is 8.58. The van der Waals surface area contributed by atoms with Crippen molar-refractivity contribution < 1.29 is 18.7 Å². The molecule has 25 heavy (non-hydrogen) atoms. The van der Waals surface area contributed by atoms with E-state index in [4.69, 9.17) is 13.9 Å². The molecule has 1 aliphatic heterocycles. The van der Waals surface area contributed by atoms with Crippen molar-refractivity contribution in [2.45, 2.75) is 31.7 Å². The highest BCUT2D eigenvalue weighted by Crippen LogP contribution is 2.31. The Kier molecular flexibility index (Phi) is 5.71. The van der Waals surface area contributed by atoms with Crippen LogP contribution in [0.4, 0.5) is 0 Å². The van der Waals surface area contributed by atoms with E-state index in [2.05, 4.69) is 4.98 Å². The third-order valence-electron chi connectivity index (χ3n) is 4.50. The lowest BCUT2D eigenvalue weighted by atomic mass is 10.0. The molecule has 3 rings (SSSR count). The van der Waals surface area contributed by atoms with Gasteiger partial charge in [-0.25, -0.2) is 4.98 Å². The van der Waals surface area contributed by atoms with Gasteiger partial charge in [-0.15, -0.1) is 0 Å². The number of methoxy groups -OCH3 is 2. The van der Waals surface area contributed by atoms with Crippen molar-refractivity contribution in [1.29, 1.82) is 0 Å². The van der Waals surface area contributed by atoms with Gasteiger partial charge in [-0.2, -0.15) is 0 Å². The molecule has 6 nitrogen and oxygen atoms in total. The Morgan fingerprint density at radius 3 is 2.96 bits per heavy atom. The summed E-state index contributed by atoms with van der Waals surface area (Å²) in [5, 5.41) is 0. The van der Waals surface area contributed by atoms with Crippen molar-refractivity contribution in [3.63, 3.8) is 0 Å². The van der Waals surface area contributed by atoms with Crippen molar-refractivity contribution in [2.75, 3.05) is 27.4 Å². The van der Waals surface area contributed by atoms with Gasteiger partial charge in [0.1, 0.15) is 24.2 Å². The van der Waals surface area contributed by atoms with Crippen LogP contribution in [0.2, 0.25) is 0 Å². The average Bonchev–Trinajstić information content (AvgIpc) is 3.11. The molecule has 0 radical (unpaired) electrons. The molecule has 6 heteroatoms. The van der Waals surface area contributed by atoms with Crippen LogP contribution in [-0.4, -0.2) is 43.2 Å². The van der Waals surface area contributed by atoms with Gasteiger partial charge in [-0.1, -0.05) is 18.2 Å². The lowest BCUT2D eigenvalue weighted by Crippen LogP contribution is -2.40. The fourth-order valence-electron chi connectivity index (χ4n) is 3.29. The predicted octanol–water partition coefficient (Wildman–Crippen LogP) is 2.97. The van der Waals surface area contributed by atoms with Crippen LogP contribution in [0, 0.1) is 0 Å². The highest BCUT2D eigenvalue weighted by Gasteiger charge is 2.31. The van der Waals surface area contributed by atoms with Crippen LogP contribution < -0.4 is 4.74 Å². The molecular formula is C19H24N2O4. The van der Waals surface area contributed by atoms with Crippen LogP contribution in [0.15, 0.2) is 34.9 Å². The second kappa shape index (κ2) is 8.16. The minimum absolute atomic E-state index is 0.0170. The third-order valence-corrected chi connectivity index (χ3v) is 4.50. The van der Waals surface area contributed by atoms with Crippen LogP contribution in [0.5, 0.6) is 5.75 Å². The summed E-state index contributed by atoms with van der Waals surface area (Å²) in [6.45, 7) is 0.808. The number of ether oxygens (including phenoxy) is 2. The Balaban J connectivity index is 1.76. The lowest BCUT2D eigenvalue weighted by molar-refractivity contribution is -0.139. The number of amides is 1. The Hall–Kier alpha value is -2.34. The Morgan fingerprint density at radius 2 is 2.16 bits per heavy atom. The number of likely N-dealkylation sites (tertiary alicyclic amines) is 1. The number of carbonyl (C=O) groups excluding carboxylic acids is 1. The standard InChI is InChI=1S/C19H24N2O4/c1-23-13-18(22)21-10-6-5-8-16(21)19-20-12-15(25-19)11-14-7-3-4-9-17(14)24-2/h3-4,7,9,12,16H,5-6,8,10-11,13H2,1-2H3/t16-/m1/s1. The number of benzene rings is 1. The van der Waals surface area contributed by atoms with Crippen molar-refractivity contribution in [2.24, 2.45) is 0 Å². The SMILES string of the molecule is COCC(=O)N1CCCC[C@@H]1c1ncc(Cc2ccccc2OC)o1. The van der Waals surface area contributed by atoms with E-state index in [1.807, 2.05) is 29.2 Å². The first-order valence-electron chi connectivity index (χ1n) is 8.58. The summed E-state index contributed by atoms with van der Waals surface area (Å²) in [4.78, 5) is 18.5. The molecule has 1 amide bonds. The number of aromatic nitrogens is 1. The third kappa shape index (κ3) is 4.02. The average molecular weight is 344 g/mol. The number of nitrogens with zero attached hydrogens (tertiary/aromatic N) is 2. The largest absolute Gasteiger partial charge is 0.496 e. The van der Waals surface area contributed by atoms with Crippen molar-refractivity contribution >= 4 is 5.91 Å². The van der Waals surface area contributed by atoms with E-state index >= 15 is 0 Å². The summed E-state index contributed by atoms with van der Waals surface area (Å²) in [7, 11) is 3.19. The quantitative estimate of drug-likeness (QED) is 0.806. The molecule has 1 saturated heterocycles. The maximum absolute atomic E-state index is 12.3. The van der Waals surface area contributed by atoms with Gasteiger partial charge in [0.15, 0.2) is 0 Å². The highest BCUT2D eigenvalue weighted by atomic mass is 16.5. The summed E-state index contributed by atoms with van der Waals surface area (Å²) in [5.74, 6) is 2.19. The van der Waals surface area contributed by atoms with E-state index in [1.165, 1.54) is 7.11 Å². The summed E-state index contributed by atoms with van der Waals surface area (Å²) < 4.78 is 16.4. The molecule has 0 N–H and O–H groups in total. The normalized spacial score (nSPS) is 17.5. The highest BCUT2D eigenvalue weighted by molar-refractivity contribution is 5.77. The molecule has 134 valence electrons. The van der Waals surface area contributed by atoms with Gasteiger partial charge >= 0.3 is 0 Å². The zero-order valence-corrected chi connectivity index (χ0v) is 14.7. The van der Waals surface area contributed by atoms with Gasteiger partial charge in [0, 0.05) is 25.6 Å². The van der Waals surface area contributed by atoms with Crippen LogP contribution in [0.25, 0.3) is 0 Å². The van der Waals surface area contributed by atoms with Crippen LogP contribution >= 0.6 is 0 Å². The zero-order chi connectivity index (χ0) is 17.6. The maximum atomic E-state index is 12.3. The van der Waals surface area contributed by atoms with E-state index in [-0.39, 0.29) is 18.6 Å². The van der Waals surface area contributed by atoms with E-state index in [1.54, 1.807) is 13.3 Å². The van der Waals surface area contributed by atoms with Crippen LogP contribution in [-0.2, 0) is 16.0 Å². The van der Waals surface area contributed by atoms with Gasteiger partial charge in [0.05, 0.1) is 13.3 Å². The Bertz CT molecular complexity index is 713. The molecular weight excluding hydrogens is 320 g/mol. The van der Waals surface area contributed by atoms with Gasteiger partial charge < -0.3 is 18.8 Å². The summed E-state index contributed by atoms with van der Waals surface area (Å²) in [5.41, 5.74) is 1.05. The molecule has 0 aliphatic carbocycles. The monoisotopic (exact) mass is 344 g/mol. The first kappa shape index (κ1) is 17.5. The van der Waals surface area contributed by atoms with Gasteiger partial charge in [0.25, 0.3) is 0 Å².